The van der Waals surface area contributed by atoms with Gasteiger partial charge in [-0.1, -0.05) is 12.1 Å². The van der Waals surface area contributed by atoms with Gasteiger partial charge in [-0.3, -0.25) is 0 Å². The van der Waals surface area contributed by atoms with E-state index in [1.54, 1.807) is 18.4 Å². The van der Waals surface area contributed by atoms with Crippen LogP contribution in [0.3, 0.4) is 0 Å². The molecule has 0 saturated carbocycles. The maximum atomic E-state index is 5.73. The molecule has 90 valence electrons. The fourth-order valence-electron chi connectivity index (χ4n) is 1.48. The van der Waals surface area contributed by atoms with Crippen LogP contribution >= 0.6 is 27.3 Å². The Labute approximate surface area is 113 Å². The Morgan fingerprint density at radius 3 is 2.76 bits per heavy atom. The van der Waals surface area contributed by atoms with Gasteiger partial charge in [0.25, 0.3) is 0 Å². The first-order chi connectivity index (χ1) is 8.28. The van der Waals surface area contributed by atoms with Crippen molar-refractivity contribution in [1.82, 2.24) is 0 Å². The topological polar surface area (TPSA) is 18.5 Å². The zero-order chi connectivity index (χ0) is 12.1. The molecule has 4 heteroatoms. The predicted molar refractivity (Wildman–Crippen MR) is 73.5 cm³/mol. The van der Waals surface area contributed by atoms with Gasteiger partial charge in [0, 0.05) is 12.0 Å². The Kier molecular flexibility index (Phi) is 4.59. The van der Waals surface area contributed by atoms with Gasteiger partial charge in [-0.25, -0.2) is 0 Å². The Bertz CT molecular complexity index is 482. The van der Waals surface area contributed by atoms with Crippen molar-refractivity contribution in [1.29, 1.82) is 0 Å². The first kappa shape index (κ1) is 12.6. The van der Waals surface area contributed by atoms with E-state index in [0.717, 1.165) is 15.1 Å². The third kappa shape index (κ3) is 3.84. The van der Waals surface area contributed by atoms with E-state index in [1.807, 2.05) is 30.3 Å². The molecule has 2 nitrogen and oxygen atoms in total. The molecular weight excluding hydrogens is 300 g/mol. The summed E-state index contributed by atoms with van der Waals surface area (Å²) >= 11 is 5.13. The van der Waals surface area contributed by atoms with Crippen LogP contribution in [-0.4, -0.2) is 7.11 Å². The molecule has 0 bridgehead atoms. The Hall–Kier alpha value is -0.840. The highest BCUT2D eigenvalue weighted by Crippen LogP contribution is 2.23. The minimum absolute atomic E-state index is 0.604. The molecule has 2 rings (SSSR count). The SMILES string of the molecule is COCc1cccc(OCc2ccc(Br)s2)c1. The lowest BCUT2D eigenvalue weighted by atomic mass is 10.2. The molecule has 0 aliphatic carbocycles. The molecule has 0 saturated heterocycles. The molecule has 17 heavy (non-hydrogen) atoms. The molecule has 0 aliphatic heterocycles. The molecule has 0 atom stereocenters. The van der Waals surface area contributed by atoms with Crippen molar-refractivity contribution in [2.45, 2.75) is 13.2 Å². The van der Waals surface area contributed by atoms with Crippen molar-refractivity contribution in [2.24, 2.45) is 0 Å². The number of hydrogen-bond acceptors (Lipinski definition) is 3. The molecular formula is C13H13BrO2S. The predicted octanol–water partition coefficient (Wildman–Crippen LogP) is 4.24. The third-order valence-electron chi connectivity index (χ3n) is 2.22. The lowest BCUT2D eigenvalue weighted by Gasteiger charge is -2.06. The quantitative estimate of drug-likeness (QED) is 0.822. The van der Waals surface area contributed by atoms with Crippen LogP contribution in [0.25, 0.3) is 0 Å². The maximum absolute atomic E-state index is 5.73. The van der Waals surface area contributed by atoms with Crippen LogP contribution in [-0.2, 0) is 18.0 Å². The van der Waals surface area contributed by atoms with Crippen LogP contribution in [0.5, 0.6) is 5.75 Å². The number of thiophene rings is 1. The van der Waals surface area contributed by atoms with Gasteiger partial charge in [0.2, 0.25) is 0 Å². The van der Waals surface area contributed by atoms with Gasteiger partial charge in [-0.2, -0.15) is 0 Å². The van der Waals surface area contributed by atoms with E-state index in [4.69, 9.17) is 9.47 Å². The second-order valence-corrected chi connectivity index (χ2v) is 6.12. The van der Waals surface area contributed by atoms with Crippen molar-refractivity contribution < 1.29 is 9.47 Å². The van der Waals surface area contributed by atoms with E-state index in [1.165, 1.54) is 4.88 Å². The van der Waals surface area contributed by atoms with Gasteiger partial charge in [0.15, 0.2) is 0 Å². The lowest BCUT2D eigenvalue weighted by molar-refractivity contribution is 0.184. The number of rotatable bonds is 5. The van der Waals surface area contributed by atoms with Gasteiger partial charge in [-0.05, 0) is 45.8 Å². The van der Waals surface area contributed by atoms with Crippen LogP contribution in [0.15, 0.2) is 40.2 Å². The van der Waals surface area contributed by atoms with E-state index < -0.39 is 0 Å². The van der Waals surface area contributed by atoms with E-state index in [-0.39, 0.29) is 0 Å². The summed E-state index contributed by atoms with van der Waals surface area (Å²) in [5, 5.41) is 0. The normalized spacial score (nSPS) is 10.5. The molecule has 1 heterocycles. The molecule has 0 N–H and O–H groups in total. The highest BCUT2D eigenvalue weighted by Gasteiger charge is 2.00. The molecule has 2 aromatic rings. The molecule has 1 aromatic heterocycles. The Morgan fingerprint density at radius 2 is 2.06 bits per heavy atom. The minimum atomic E-state index is 0.604. The van der Waals surface area contributed by atoms with Gasteiger partial charge in [0.05, 0.1) is 10.4 Å². The van der Waals surface area contributed by atoms with Crippen LogP contribution in [0.1, 0.15) is 10.4 Å². The van der Waals surface area contributed by atoms with Crippen molar-refractivity contribution in [3.63, 3.8) is 0 Å². The Balaban J connectivity index is 1.96. The van der Waals surface area contributed by atoms with E-state index >= 15 is 0 Å². The highest BCUT2D eigenvalue weighted by atomic mass is 79.9. The molecule has 0 aliphatic rings. The first-order valence-corrected chi connectivity index (χ1v) is 6.84. The number of methoxy groups -OCH3 is 1. The standard InChI is InChI=1S/C13H13BrO2S/c1-15-8-10-3-2-4-11(7-10)16-9-12-5-6-13(14)17-12/h2-7H,8-9H2,1H3. The molecule has 0 amide bonds. The van der Waals surface area contributed by atoms with Crippen LogP contribution in [0.4, 0.5) is 0 Å². The van der Waals surface area contributed by atoms with Crippen molar-refractivity contribution >= 4 is 27.3 Å². The lowest BCUT2D eigenvalue weighted by Crippen LogP contribution is -1.94. The van der Waals surface area contributed by atoms with Crippen LogP contribution in [0.2, 0.25) is 0 Å². The second kappa shape index (κ2) is 6.19. The largest absolute Gasteiger partial charge is 0.488 e. The summed E-state index contributed by atoms with van der Waals surface area (Å²) in [7, 11) is 1.69. The van der Waals surface area contributed by atoms with Gasteiger partial charge < -0.3 is 9.47 Å². The van der Waals surface area contributed by atoms with Crippen molar-refractivity contribution in [2.75, 3.05) is 7.11 Å². The average Bonchev–Trinajstić information content (AvgIpc) is 2.74. The summed E-state index contributed by atoms with van der Waals surface area (Å²) < 4.78 is 11.9. The Morgan fingerprint density at radius 1 is 1.18 bits per heavy atom. The summed E-state index contributed by atoms with van der Waals surface area (Å²) in [6, 6.07) is 12.1. The molecule has 0 fully saturated rings. The zero-order valence-corrected chi connectivity index (χ0v) is 11.9. The zero-order valence-electron chi connectivity index (χ0n) is 9.48. The average molecular weight is 313 g/mol. The molecule has 1 aromatic carbocycles. The number of hydrogen-bond donors (Lipinski definition) is 0. The van der Waals surface area contributed by atoms with Crippen LogP contribution in [0, 0.1) is 0 Å². The fraction of sp³-hybridized carbons (Fsp3) is 0.231. The number of benzene rings is 1. The summed E-state index contributed by atoms with van der Waals surface area (Å²) in [6.45, 7) is 1.22. The van der Waals surface area contributed by atoms with E-state index in [0.29, 0.717) is 13.2 Å². The molecule has 0 unspecified atom stereocenters. The highest BCUT2D eigenvalue weighted by molar-refractivity contribution is 9.11. The summed E-state index contributed by atoms with van der Waals surface area (Å²) in [6.07, 6.45) is 0. The van der Waals surface area contributed by atoms with Crippen molar-refractivity contribution in [3.8, 4) is 5.75 Å². The van der Waals surface area contributed by atoms with E-state index in [2.05, 4.69) is 22.0 Å². The van der Waals surface area contributed by atoms with Crippen molar-refractivity contribution in [3.05, 3.63) is 50.6 Å². The second-order valence-electron chi connectivity index (χ2n) is 3.57. The van der Waals surface area contributed by atoms with Gasteiger partial charge in [-0.15, -0.1) is 11.3 Å². The molecule has 0 spiro atoms. The smallest absolute Gasteiger partial charge is 0.122 e. The number of halogens is 1. The molecule has 0 radical (unpaired) electrons. The van der Waals surface area contributed by atoms with Gasteiger partial charge >= 0.3 is 0 Å². The summed E-state index contributed by atoms with van der Waals surface area (Å²) in [4.78, 5) is 1.20. The van der Waals surface area contributed by atoms with Gasteiger partial charge in [0.1, 0.15) is 12.4 Å². The summed E-state index contributed by atoms with van der Waals surface area (Å²) in [5.41, 5.74) is 1.12. The number of ether oxygens (including phenoxy) is 2. The third-order valence-corrected chi connectivity index (χ3v) is 3.82. The van der Waals surface area contributed by atoms with E-state index in [9.17, 15) is 0 Å². The van der Waals surface area contributed by atoms with Crippen LogP contribution < -0.4 is 4.74 Å². The maximum Gasteiger partial charge on any atom is 0.122 e. The summed E-state index contributed by atoms with van der Waals surface area (Å²) in [5.74, 6) is 0.879. The minimum Gasteiger partial charge on any atom is -0.488 e. The monoisotopic (exact) mass is 312 g/mol. The first-order valence-electron chi connectivity index (χ1n) is 5.23. The fourth-order valence-corrected chi connectivity index (χ4v) is 2.87.